The highest BCUT2D eigenvalue weighted by molar-refractivity contribution is 6.09. The highest BCUT2D eigenvalue weighted by atomic mass is 16.5. The lowest BCUT2D eigenvalue weighted by atomic mass is 9.85. The molecule has 0 N–H and O–H groups in total. The zero-order valence-electron chi connectivity index (χ0n) is 14.6. The van der Waals surface area contributed by atoms with Gasteiger partial charge in [-0.1, -0.05) is 36.4 Å². The van der Waals surface area contributed by atoms with Crippen LogP contribution in [-0.2, 0) is 0 Å². The summed E-state index contributed by atoms with van der Waals surface area (Å²) in [6.45, 7) is 2.07. The smallest absolute Gasteiger partial charge is 0.186 e. The van der Waals surface area contributed by atoms with Gasteiger partial charge < -0.3 is 9.64 Å². The molecule has 2 heterocycles. The van der Waals surface area contributed by atoms with Crippen LogP contribution in [0, 0.1) is 24.2 Å². The molecule has 0 amide bonds. The van der Waals surface area contributed by atoms with Crippen molar-refractivity contribution in [3.05, 3.63) is 64.7 Å². The number of hydrogen-bond donors (Lipinski definition) is 0. The second kappa shape index (κ2) is 5.22. The van der Waals surface area contributed by atoms with E-state index in [0.717, 1.165) is 22.4 Å². The van der Waals surface area contributed by atoms with Gasteiger partial charge in [-0.3, -0.25) is 4.79 Å². The van der Waals surface area contributed by atoms with Gasteiger partial charge in [-0.25, -0.2) is 0 Å². The van der Waals surface area contributed by atoms with E-state index in [1.807, 2.05) is 24.3 Å². The number of nitriles is 1. The Labute approximate surface area is 152 Å². The van der Waals surface area contributed by atoms with Crippen LogP contribution in [0.2, 0.25) is 0 Å². The van der Waals surface area contributed by atoms with Crippen molar-refractivity contribution in [1.29, 1.82) is 5.26 Å². The Kier molecular flexibility index (Phi) is 3.05. The third-order valence-electron chi connectivity index (χ3n) is 6.02. The molecule has 0 spiro atoms. The van der Waals surface area contributed by atoms with Crippen LogP contribution in [0.4, 0.5) is 5.69 Å². The molecule has 2 aromatic carbocycles. The van der Waals surface area contributed by atoms with Gasteiger partial charge in [0.1, 0.15) is 11.8 Å². The first-order valence-corrected chi connectivity index (χ1v) is 8.83. The SMILES string of the molecule is COc1ccc2c(c1)C(=O)[C@@H]1[C@H]2[C@@H](C#N)[C@H]2C=Cc3cccc(C)c3N21. The van der Waals surface area contributed by atoms with Crippen LogP contribution in [0.15, 0.2) is 42.5 Å². The van der Waals surface area contributed by atoms with Crippen molar-refractivity contribution in [3.63, 3.8) is 0 Å². The summed E-state index contributed by atoms with van der Waals surface area (Å²) < 4.78 is 5.30. The number of anilines is 1. The number of para-hydroxylation sites is 1. The van der Waals surface area contributed by atoms with Crippen LogP contribution in [-0.4, -0.2) is 25.0 Å². The highest BCUT2D eigenvalue weighted by Crippen LogP contribution is 2.53. The molecule has 4 atom stereocenters. The molecule has 0 aromatic heterocycles. The molecule has 2 aliphatic heterocycles. The van der Waals surface area contributed by atoms with Crippen molar-refractivity contribution in [3.8, 4) is 11.8 Å². The Bertz CT molecular complexity index is 1020. The first-order chi connectivity index (χ1) is 12.7. The van der Waals surface area contributed by atoms with E-state index in [9.17, 15) is 10.1 Å². The van der Waals surface area contributed by atoms with Crippen LogP contribution in [0.1, 0.15) is 33.0 Å². The molecular weight excluding hydrogens is 324 g/mol. The maximum atomic E-state index is 13.4. The lowest BCUT2D eigenvalue weighted by Gasteiger charge is -2.35. The van der Waals surface area contributed by atoms with Crippen LogP contribution in [0.5, 0.6) is 5.75 Å². The van der Waals surface area contributed by atoms with Gasteiger partial charge in [0.2, 0.25) is 0 Å². The van der Waals surface area contributed by atoms with Crippen LogP contribution in [0.25, 0.3) is 6.08 Å². The Hall–Kier alpha value is -3.06. The summed E-state index contributed by atoms with van der Waals surface area (Å²) >= 11 is 0. The minimum absolute atomic E-state index is 0.0669. The van der Waals surface area contributed by atoms with Crippen LogP contribution >= 0.6 is 0 Å². The van der Waals surface area contributed by atoms with E-state index in [2.05, 4.69) is 42.2 Å². The number of hydrogen-bond acceptors (Lipinski definition) is 4. The molecular formula is C22H18N2O2. The van der Waals surface area contributed by atoms with Crippen molar-refractivity contribution in [2.24, 2.45) is 5.92 Å². The van der Waals surface area contributed by atoms with E-state index in [-0.39, 0.29) is 29.7 Å². The number of rotatable bonds is 1. The van der Waals surface area contributed by atoms with E-state index in [1.54, 1.807) is 7.11 Å². The maximum Gasteiger partial charge on any atom is 0.186 e. The third kappa shape index (κ3) is 1.75. The number of benzene rings is 2. The number of carbonyl (C=O) groups is 1. The van der Waals surface area contributed by atoms with Gasteiger partial charge in [-0.2, -0.15) is 5.26 Å². The molecule has 4 nitrogen and oxygen atoms in total. The van der Waals surface area contributed by atoms with E-state index >= 15 is 0 Å². The van der Waals surface area contributed by atoms with Gasteiger partial charge in [0, 0.05) is 17.2 Å². The van der Waals surface area contributed by atoms with E-state index in [4.69, 9.17) is 4.74 Å². The van der Waals surface area contributed by atoms with Crippen molar-refractivity contribution in [2.45, 2.75) is 24.9 Å². The predicted molar refractivity (Wildman–Crippen MR) is 99.4 cm³/mol. The number of ketones is 1. The Morgan fingerprint density at radius 2 is 2.08 bits per heavy atom. The third-order valence-corrected chi connectivity index (χ3v) is 6.02. The zero-order valence-corrected chi connectivity index (χ0v) is 14.6. The average molecular weight is 342 g/mol. The standard InChI is InChI=1S/C22H18N2O2/c1-12-4-3-5-13-6-9-18-17(11-23)19-15-8-7-14(26-2)10-16(15)22(25)21(19)24(18)20(12)13/h3-10,17-19,21H,1-2H3/t17-,18+,19+,21-/m0/s1. The van der Waals surface area contributed by atoms with Crippen LogP contribution < -0.4 is 9.64 Å². The summed E-state index contributed by atoms with van der Waals surface area (Å²) in [5.74, 6) is 0.421. The average Bonchev–Trinajstić information content (AvgIpc) is 3.14. The summed E-state index contributed by atoms with van der Waals surface area (Å²) in [5.41, 5.74) is 5.00. The topological polar surface area (TPSA) is 53.3 Å². The Morgan fingerprint density at radius 1 is 1.23 bits per heavy atom. The summed E-state index contributed by atoms with van der Waals surface area (Å²) in [7, 11) is 1.60. The van der Waals surface area contributed by atoms with Crippen molar-refractivity contribution in [1.82, 2.24) is 0 Å². The zero-order chi connectivity index (χ0) is 18.0. The van der Waals surface area contributed by atoms with E-state index < -0.39 is 0 Å². The number of nitrogens with zero attached hydrogens (tertiary/aromatic N) is 2. The number of Topliss-reactive ketones (excluding diaryl/α,β-unsaturated/α-hetero) is 1. The molecule has 1 aliphatic carbocycles. The Morgan fingerprint density at radius 3 is 2.85 bits per heavy atom. The molecule has 5 rings (SSSR count). The van der Waals surface area contributed by atoms with Gasteiger partial charge in [-0.05, 0) is 35.7 Å². The van der Waals surface area contributed by atoms with E-state index in [0.29, 0.717) is 11.3 Å². The second-order valence-corrected chi connectivity index (χ2v) is 7.21. The summed E-state index contributed by atoms with van der Waals surface area (Å²) in [5, 5.41) is 9.94. The monoisotopic (exact) mass is 342 g/mol. The van der Waals surface area contributed by atoms with Gasteiger partial charge in [0.25, 0.3) is 0 Å². The van der Waals surface area contributed by atoms with Gasteiger partial charge in [0.05, 0.1) is 25.1 Å². The van der Waals surface area contributed by atoms with Gasteiger partial charge in [0.15, 0.2) is 5.78 Å². The fraction of sp³-hybridized carbons (Fsp3) is 0.273. The summed E-state index contributed by atoms with van der Waals surface area (Å²) in [6, 6.07) is 13.9. The summed E-state index contributed by atoms with van der Waals surface area (Å²) in [6.07, 6.45) is 4.18. The molecule has 128 valence electrons. The van der Waals surface area contributed by atoms with Crippen molar-refractivity contribution < 1.29 is 9.53 Å². The number of aryl methyl sites for hydroxylation is 1. The fourth-order valence-electron chi connectivity index (χ4n) is 4.95. The molecule has 1 saturated heterocycles. The number of fused-ring (bicyclic) bond motifs is 7. The largest absolute Gasteiger partial charge is 0.497 e. The highest BCUT2D eigenvalue weighted by Gasteiger charge is 2.57. The molecule has 3 aliphatic rings. The number of methoxy groups -OCH3 is 1. The van der Waals surface area contributed by atoms with Crippen molar-refractivity contribution in [2.75, 3.05) is 12.0 Å². The summed E-state index contributed by atoms with van der Waals surface area (Å²) in [4.78, 5) is 15.5. The maximum absolute atomic E-state index is 13.4. The molecule has 0 saturated carbocycles. The first kappa shape index (κ1) is 15.2. The number of carbonyl (C=O) groups excluding carboxylic acids is 1. The lowest BCUT2D eigenvalue weighted by Crippen LogP contribution is -2.42. The first-order valence-electron chi connectivity index (χ1n) is 8.83. The lowest BCUT2D eigenvalue weighted by molar-refractivity contribution is 0.0970. The molecule has 0 radical (unpaired) electrons. The fourth-order valence-corrected chi connectivity index (χ4v) is 4.95. The predicted octanol–water partition coefficient (Wildman–Crippen LogP) is 3.71. The minimum Gasteiger partial charge on any atom is -0.497 e. The van der Waals surface area contributed by atoms with Gasteiger partial charge in [-0.15, -0.1) is 0 Å². The molecule has 26 heavy (non-hydrogen) atoms. The quantitative estimate of drug-likeness (QED) is 0.793. The Balaban J connectivity index is 1.73. The second-order valence-electron chi connectivity index (χ2n) is 7.21. The molecule has 0 unspecified atom stereocenters. The molecule has 0 bridgehead atoms. The number of ether oxygens (including phenoxy) is 1. The minimum atomic E-state index is -0.323. The van der Waals surface area contributed by atoms with Crippen LogP contribution in [0.3, 0.4) is 0 Å². The van der Waals surface area contributed by atoms with Crippen molar-refractivity contribution >= 4 is 17.5 Å². The normalized spacial score (nSPS) is 27.4. The molecule has 2 aromatic rings. The van der Waals surface area contributed by atoms with E-state index in [1.165, 1.54) is 0 Å². The molecule has 4 heteroatoms. The van der Waals surface area contributed by atoms with Gasteiger partial charge >= 0.3 is 0 Å². The molecule has 1 fully saturated rings.